The van der Waals surface area contributed by atoms with Crippen LogP contribution in [-0.4, -0.2) is 43.2 Å². The molecule has 9 heteroatoms. The van der Waals surface area contributed by atoms with Gasteiger partial charge in [-0.25, -0.2) is 9.78 Å². The summed E-state index contributed by atoms with van der Waals surface area (Å²) in [5.41, 5.74) is 0.206. The number of imide groups is 1. The monoisotopic (exact) mass is 394 g/mol. The predicted octanol–water partition coefficient (Wildman–Crippen LogP) is 3.19. The van der Waals surface area contributed by atoms with Gasteiger partial charge in [-0.2, -0.15) is 0 Å². The highest BCUT2D eigenvalue weighted by atomic mass is 35.5. The third kappa shape index (κ3) is 4.63. The van der Waals surface area contributed by atoms with Crippen molar-refractivity contribution in [2.75, 3.05) is 36.5 Å². The molecule has 2 N–H and O–H groups in total. The normalized spacial score (nSPS) is 14.0. The van der Waals surface area contributed by atoms with Crippen molar-refractivity contribution >= 4 is 46.8 Å². The Hall–Kier alpha value is -2.35. The SMILES string of the molecule is O=C(NC(=O)c1ccccc1Cl)Nc1cc(Cl)cc(N2CCOCC2)n1. The minimum absolute atomic E-state index is 0.206. The van der Waals surface area contributed by atoms with Gasteiger partial charge >= 0.3 is 6.03 Å². The highest BCUT2D eigenvalue weighted by Gasteiger charge is 2.16. The highest BCUT2D eigenvalue weighted by molar-refractivity contribution is 6.34. The molecule has 0 saturated carbocycles. The molecule has 2 heterocycles. The van der Waals surface area contributed by atoms with Crippen molar-refractivity contribution in [3.8, 4) is 0 Å². The largest absolute Gasteiger partial charge is 0.378 e. The number of hydrogen-bond donors (Lipinski definition) is 2. The molecule has 1 aromatic heterocycles. The molecule has 136 valence electrons. The fourth-order valence-corrected chi connectivity index (χ4v) is 2.89. The van der Waals surface area contributed by atoms with Gasteiger partial charge in [0.2, 0.25) is 0 Å². The number of urea groups is 1. The van der Waals surface area contributed by atoms with Crippen molar-refractivity contribution in [2.24, 2.45) is 0 Å². The maximum absolute atomic E-state index is 12.1. The van der Waals surface area contributed by atoms with E-state index in [0.29, 0.717) is 37.1 Å². The number of anilines is 2. The average Bonchev–Trinajstić information content (AvgIpc) is 2.62. The van der Waals surface area contributed by atoms with Crippen LogP contribution in [0.25, 0.3) is 0 Å². The van der Waals surface area contributed by atoms with E-state index in [1.807, 2.05) is 4.90 Å². The van der Waals surface area contributed by atoms with Crippen molar-refractivity contribution in [3.63, 3.8) is 0 Å². The summed E-state index contributed by atoms with van der Waals surface area (Å²) in [6.45, 7) is 2.57. The summed E-state index contributed by atoms with van der Waals surface area (Å²) in [5.74, 6) is 0.264. The predicted molar refractivity (Wildman–Crippen MR) is 100 cm³/mol. The summed E-state index contributed by atoms with van der Waals surface area (Å²) in [5, 5.41) is 5.41. The van der Waals surface area contributed by atoms with Gasteiger partial charge in [0, 0.05) is 18.1 Å². The topological polar surface area (TPSA) is 83.6 Å². The number of hydrogen-bond acceptors (Lipinski definition) is 5. The Kier molecular flexibility index (Phi) is 5.92. The molecule has 3 rings (SSSR count). The molecule has 1 aromatic carbocycles. The van der Waals surface area contributed by atoms with Gasteiger partial charge in [0.25, 0.3) is 5.91 Å². The van der Waals surface area contributed by atoms with E-state index in [2.05, 4.69) is 15.6 Å². The Morgan fingerprint density at radius 1 is 1.12 bits per heavy atom. The third-order valence-corrected chi connectivity index (χ3v) is 4.25. The molecule has 1 fully saturated rings. The lowest BCUT2D eigenvalue weighted by Crippen LogP contribution is -2.37. The molecule has 0 aliphatic carbocycles. The Bertz CT molecular complexity index is 825. The van der Waals surface area contributed by atoms with Crippen LogP contribution in [0.4, 0.5) is 16.4 Å². The zero-order valence-corrected chi connectivity index (χ0v) is 15.2. The van der Waals surface area contributed by atoms with E-state index in [1.165, 1.54) is 12.1 Å². The quantitative estimate of drug-likeness (QED) is 0.834. The third-order valence-electron chi connectivity index (χ3n) is 3.70. The lowest BCUT2D eigenvalue weighted by molar-refractivity contribution is 0.0967. The first-order chi connectivity index (χ1) is 12.5. The summed E-state index contributed by atoms with van der Waals surface area (Å²) in [7, 11) is 0. The number of amides is 3. The fraction of sp³-hybridized carbons (Fsp3) is 0.235. The second-order valence-electron chi connectivity index (χ2n) is 5.52. The first-order valence-electron chi connectivity index (χ1n) is 7.90. The smallest absolute Gasteiger partial charge is 0.327 e. The van der Waals surface area contributed by atoms with E-state index in [4.69, 9.17) is 27.9 Å². The van der Waals surface area contributed by atoms with Crippen LogP contribution in [0, 0.1) is 0 Å². The molecular weight excluding hydrogens is 379 g/mol. The standard InChI is InChI=1S/C17H16Cl2N4O3/c18-11-9-14(20-15(10-11)23-5-7-26-8-6-23)21-17(25)22-16(24)12-3-1-2-4-13(12)19/h1-4,9-10H,5-8H2,(H2,20,21,22,24,25). The maximum Gasteiger partial charge on any atom is 0.327 e. The Balaban J connectivity index is 1.68. The van der Waals surface area contributed by atoms with Crippen molar-refractivity contribution in [2.45, 2.75) is 0 Å². The van der Waals surface area contributed by atoms with Crippen molar-refractivity contribution < 1.29 is 14.3 Å². The number of carbonyl (C=O) groups excluding carboxylic acids is 2. The Morgan fingerprint density at radius 2 is 1.85 bits per heavy atom. The van der Waals surface area contributed by atoms with Crippen LogP contribution in [-0.2, 0) is 4.74 Å². The van der Waals surface area contributed by atoms with Crippen LogP contribution < -0.4 is 15.5 Å². The molecule has 1 aliphatic rings. The lowest BCUT2D eigenvalue weighted by Gasteiger charge is -2.28. The number of rotatable bonds is 3. The highest BCUT2D eigenvalue weighted by Crippen LogP contribution is 2.22. The van der Waals surface area contributed by atoms with Gasteiger partial charge in [-0.05, 0) is 24.3 Å². The Labute approximate surface area is 160 Å². The summed E-state index contributed by atoms with van der Waals surface area (Å²) in [6.07, 6.45) is 0. The zero-order chi connectivity index (χ0) is 18.5. The maximum atomic E-state index is 12.1. The second-order valence-corrected chi connectivity index (χ2v) is 6.36. The molecule has 1 saturated heterocycles. The number of nitrogens with zero attached hydrogens (tertiary/aromatic N) is 2. The number of pyridine rings is 1. The molecular formula is C17H16Cl2N4O3. The van der Waals surface area contributed by atoms with Gasteiger partial charge in [0.05, 0.1) is 23.8 Å². The molecule has 0 atom stereocenters. The molecule has 26 heavy (non-hydrogen) atoms. The van der Waals surface area contributed by atoms with Crippen molar-refractivity contribution in [3.05, 3.63) is 52.0 Å². The molecule has 1 aliphatic heterocycles. The van der Waals surface area contributed by atoms with Crippen LogP contribution in [0.5, 0.6) is 0 Å². The fourth-order valence-electron chi connectivity index (χ4n) is 2.47. The van der Waals surface area contributed by atoms with Gasteiger partial charge in [0.1, 0.15) is 11.6 Å². The minimum atomic E-state index is -0.724. The van der Waals surface area contributed by atoms with E-state index in [-0.39, 0.29) is 16.4 Å². The van der Waals surface area contributed by atoms with Gasteiger partial charge < -0.3 is 9.64 Å². The molecule has 0 bridgehead atoms. The van der Waals surface area contributed by atoms with E-state index in [9.17, 15) is 9.59 Å². The molecule has 7 nitrogen and oxygen atoms in total. The number of carbonyl (C=O) groups is 2. The number of aromatic nitrogens is 1. The van der Waals surface area contributed by atoms with Gasteiger partial charge in [0.15, 0.2) is 0 Å². The summed E-state index contributed by atoms with van der Waals surface area (Å²) in [4.78, 5) is 30.6. The number of nitrogens with one attached hydrogen (secondary N) is 2. The first-order valence-corrected chi connectivity index (χ1v) is 8.65. The van der Waals surface area contributed by atoms with Gasteiger partial charge in [-0.3, -0.25) is 15.4 Å². The summed E-state index contributed by atoms with van der Waals surface area (Å²) >= 11 is 12.1. The Morgan fingerprint density at radius 3 is 2.58 bits per heavy atom. The molecule has 2 aromatic rings. The van der Waals surface area contributed by atoms with Crippen LogP contribution in [0.3, 0.4) is 0 Å². The van der Waals surface area contributed by atoms with E-state index < -0.39 is 11.9 Å². The number of halogens is 2. The van der Waals surface area contributed by atoms with Gasteiger partial charge in [-0.15, -0.1) is 0 Å². The van der Waals surface area contributed by atoms with E-state index >= 15 is 0 Å². The first kappa shape index (κ1) is 18.4. The number of ether oxygens (including phenoxy) is 1. The average molecular weight is 395 g/mol. The van der Waals surface area contributed by atoms with Crippen LogP contribution in [0.2, 0.25) is 10.0 Å². The summed E-state index contributed by atoms with van der Waals surface area (Å²) in [6, 6.07) is 8.95. The molecule has 0 radical (unpaired) electrons. The van der Waals surface area contributed by atoms with E-state index in [1.54, 1.807) is 24.3 Å². The number of morpholine rings is 1. The summed E-state index contributed by atoms with van der Waals surface area (Å²) < 4.78 is 5.31. The van der Waals surface area contributed by atoms with Crippen LogP contribution in [0.1, 0.15) is 10.4 Å². The van der Waals surface area contributed by atoms with Crippen molar-refractivity contribution in [1.82, 2.24) is 10.3 Å². The van der Waals surface area contributed by atoms with Crippen LogP contribution >= 0.6 is 23.2 Å². The second kappa shape index (κ2) is 8.35. The van der Waals surface area contributed by atoms with E-state index in [0.717, 1.165) is 0 Å². The van der Waals surface area contributed by atoms with Crippen molar-refractivity contribution in [1.29, 1.82) is 0 Å². The van der Waals surface area contributed by atoms with Gasteiger partial charge in [-0.1, -0.05) is 35.3 Å². The zero-order valence-electron chi connectivity index (χ0n) is 13.7. The lowest BCUT2D eigenvalue weighted by atomic mass is 10.2. The number of benzene rings is 1. The minimum Gasteiger partial charge on any atom is -0.378 e. The molecule has 0 unspecified atom stereocenters. The molecule has 3 amide bonds. The van der Waals surface area contributed by atoms with Crippen LogP contribution in [0.15, 0.2) is 36.4 Å². The molecule has 0 spiro atoms.